The molecule has 334 valence electrons. The van der Waals surface area contributed by atoms with Crippen LogP contribution >= 0.6 is 0 Å². The molecule has 11 aromatic rings. The number of rotatable bonds is 8. The Morgan fingerprint density at radius 3 is 1.40 bits per heavy atom. The van der Waals surface area contributed by atoms with Crippen molar-refractivity contribution >= 4 is 43.6 Å². The van der Waals surface area contributed by atoms with Crippen molar-refractivity contribution in [1.82, 2.24) is 29.1 Å². The third kappa shape index (κ3) is 7.59. The van der Waals surface area contributed by atoms with Gasteiger partial charge in [-0.05, 0) is 97.8 Å². The smallest absolute Gasteiger partial charge is 0.419 e. The van der Waals surface area contributed by atoms with E-state index in [0.29, 0.717) is 62.4 Å². The monoisotopic (exact) mass is 912 g/mol. The number of ether oxygens (including phenoxy) is 2. The summed E-state index contributed by atoms with van der Waals surface area (Å²) in [6, 6.07) is 42.8. The van der Waals surface area contributed by atoms with Crippen molar-refractivity contribution in [3.8, 4) is 57.1 Å². The minimum Gasteiger partial charge on any atom is -0.457 e. The van der Waals surface area contributed by atoms with Crippen LogP contribution in [0.15, 0.2) is 170 Å². The zero-order valence-corrected chi connectivity index (χ0v) is 35.9. The van der Waals surface area contributed by atoms with Gasteiger partial charge in [0.05, 0.1) is 57.0 Å². The van der Waals surface area contributed by atoms with Crippen LogP contribution in [0.4, 0.5) is 26.3 Å². The van der Waals surface area contributed by atoms with Crippen LogP contribution in [0.5, 0.6) is 23.0 Å². The predicted molar refractivity (Wildman–Crippen MR) is 250 cm³/mol. The fraction of sp³-hybridized carbons (Fsp3) is 0.0741. The first-order chi connectivity index (χ1) is 32.8. The van der Waals surface area contributed by atoms with Gasteiger partial charge in [-0.2, -0.15) is 26.3 Å². The van der Waals surface area contributed by atoms with Gasteiger partial charge in [0.1, 0.15) is 34.6 Å². The van der Waals surface area contributed by atoms with Crippen molar-refractivity contribution < 1.29 is 35.8 Å². The maximum absolute atomic E-state index is 14.4. The van der Waals surface area contributed by atoms with Gasteiger partial charge in [-0.15, -0.1) is 0 Å². The summed E-state index contributed by atoms with van der Waals surface area (Å²) in [4.78, 5) is 18.0. The highest BCUT2D eigenvalue weighted by Crippen LogP contribution is 2.41. The first-order valence-corrected chi connectivity index (χ1v) is 21.3. The van der Waals surface area contributed by atoms with Gasteiger partial charge in [0, 0.05) is 57.2 Å². The van der Waals surface area contributed by atoms with Crippen LogP contribution in [0.25, 0.3) is 77.8 Å². The molecule has 11 rings (SSSR count). The quantitative estimate of drug-likeness (QED) is 0.141. The zero-order chi connectivity index (χ0) is 46.9. The molecule has 0 atom stereocenters. The normalized spacial score (nSPS) is 12.1. The van der Waals surface area contributed by atoms with Crippen LogP contribution in [0, 0.1) is 13.8 Å². The summed E-state index contributed by atoms with van der Waals surface area (Å²) in [6.45, 7) is 3.20. The van der Waals surface area contributed by atoms with E-state index in [9.17, 15) is 26.3 Å². The number of fused-ring (bicyclic) bond motifs is 6. The molecule has 0 saturated heterocycles. The van der Waals surface area contributed by atoms with E-state index in [0.717, 1.165) is 62.0 Å². The Labute approximate surface area is 383 Å². The standard InChI is InChI=1S/C54H34F6N6O2/c1-31-21-44(54(58,59)60)52(63-27-31)66-48-16-6-4-14-41(48)43-20-18-39(26-50(43)66)68-37-12-8-10-34(24-37)46-30-61-45(29-62-46)33-9-7-11-36(23-33)67-38-17-19-42-40-13-3-5-15-47(40)65(49(42)25-38)51-32(2)22-35(28-64-51)53(55,56)57/h3-30H,1-2H3. The molecule has 5 heterocycles. The van der Waals surface area contributed by atoms with Crippen molar-refractivity contribution in [2.24, 2.45) is 0 Å². The van der Waals surface area contributed by atoms with Crippen molar-refractivity contribution in [3.05, 3.63) is 193 Å². The highest BCUT2D eigenvalue weighted by atomic mass is 19.4. The lowest BCUT2D eigenvalue weighted by atomic mass is 10.1. The Hall–Kier alpha value is -8.52. The average molecular weight is 913 g/mol. The highest BCUT2D eigenvalue weighted by molar-refractivity contribution is 6.10. The molecular formula is C54H34F6N6O2. The summed E-state index contributed by atoms with van der Waals surface area (Å²) in [5, 5.41) is 3.33. The summed E-state index contributed by atoms with van der Waals surface area (Å²) in [6.07, 6.45) is -3.55. The fourth-order valence-electron chi connectivity index (χ4n) is 8.73. The first-order valence-electron chi connectivity index (χ1n) is 21.3. The SMILES string of the molecule is Cc1cnc(-n2c3ccccc3c3ccc(Oc4cccc(-c5cnc(-c6cccc(Oc7ccc8c9ccccc9n(-c9ncc(C(F)(F)F)cc9C)c8c7)c6)cn5)c4)cc32)c(C(F)(F)F)c1. The number of alkyl halides is 6. The lowest BCUT2D eigenvalue weighted by Gasteiger charge is -2.15. The van der Waals surface area contributed by atoms with Crippen LogP contribution in [-0.4, -0.2) is 29.1 Å². The molecule has 0 N–H and O–H groups in total. The molecule has 0 saturated carbocycles. The minimum atomic E-state index is -4.63. The van der Waals surface area contributed by atoms with Crippen LogP contribution in [-0.2, 0) is 12.4 Å². The lowest BCUT2D eigenvalue weighted by molar-refractivity contribution is -0.138. The molecule has 8 nitrogen and oxygen atoms in total. The number of halogens is 6. The third-order valence-electron chi connectivity index (χ3n) is 11.8. The van der Waals surface area contributed by atoms with E-state index in [4.69, 9.17) is 19.4 Å². The maximum atomic E-state index is 14.4. The minimum absolute atomic E-state index is 0.220. The van der Waals surface area contributed by atoms with E-state index in [1.807, 2.05) is 108 Å². The highest BCUT2D eigenvalue weighted by Gasteiger charge is 2.36. The average Bonchev–Trinajstić information content (AvgIpc) is 3.83. The predicted octanol–water partition coefficient (Wildman–Crippen LogP) is 15.0. The van der Waals surface area contributed by atoms with Gasteiger partial charge in [-0.1, -0.05) is 60.7 Å². The fourth-order valence-corrected chi connectivity index (χ4v) is 8.73. The van der Waals surface area contributed by atoms with Gasteiger partial charge in [0.25, 0.3) is 0 Å². The number of para-hydroxylation sites is 2. The number of hydrogen-bond donors (Lipinski definition) is 0. The summed E-state index contributed by atoms with van der Waals surface area (Å²) >= 11 is 0. The molecule has 0 aliphatic rings. The summed E-state index contributed by atoms with van der Waals surface area (Å²) in [5.41, 5.74) is 4.35. The van der Waals surface area contributed by atoms with Crippen LogP contribution in [0.1, 0.15) is 22.3 Å². The largest absolute Gasteiger partial charge is 0.457 e. The van der Waals surface area contributed by atoms with Crippen LogP contribution in [0.3, 0.4) is 0 Å². The Morgan fingerprint density at radius 2 is 0.897 bits per heavy atom. The molecule has 0 unspecified atom stereocenters. The molecule has 5 aromatic heterocycles. The van der Waals surface area contributed by atoms with Gasteiger partial charge in [0.15, 0.2) is 0 Å². The Bertz CT molecular complexity index is 3770. The topological polar surface area (TPSA) is 79.9 Å². The molecule has 0 aliphatic carbocycles. The summed E-state index contributed by atoms with van der Waals surface area (Å²) < 4.78 is 100.0. The molecule has 6 aromatic carbocycles. The van der Waals surface area contributed by atoms with Gasteiger partial charge >= 0.3 is 12.4 Å². The van der Waals surface area contributed by atoms with Gasteiger partial charge < -0.3 is 9.47 Å². The van der Waals surface area contributed by atoms with Gasteiger partial charge in [-0.3, -0.25) is 19.1 Å². The first kappa shape index (κ1) is 42.1. The number of aromatic nitrogens is 6. The van der Waals surface area contributed by atoms with E-state index in [1.165, 1.54) is 10.8 Å². The Kier molecular flexibility index (Phi) is 9.99. The molecule has 68 heavy (non-hydrogen) atoms. The molecular weight excluding hydrogens is 879 g/mol. The third-order valence-corrected chi connectivity index (χ3v) is 11.8. The Balaban J connectivity index is 0.856. The lowest BCUT2D eigenvalue weighted by Crippen LogP contribution is -2.13. The van der Waals surface area contributed by atoms with Crippen molar-refractivity contribution in [3.63, 3.8) is 0 Å². The van der Waals surface area contributed by atoms with Crippen molar-refractivity contribution in [2.45, 2.75) is 26.2 Å². The summed E-state index contributed by atoms with van der Waals surface area (Å²) in [5.74, 6) is 2.09. The van der Waals surface area contributed by atoms with Gasteiger partial charge in [-0.25, -0.2) is 9.97 Å². The number of nitrogens with zero attached hydrogens (tertiary/aromatic N) is 6. The van der Waals surface area contributed by atoms with Crippen LogP contribution in [0.2, 0.25) is 0 Å². The second kappa shape index (κ2) is 16.1. The number of benzene rings is 6. The van der Waals surface area contributed by atoms with E-state index in [-0.39, 0.29) is 5.82 Å². The summed E-state index contributed by atoms with van der Waals surface area (Å²) in [7, 11) is 0. The molecule has 0 amide bonds. The molecule has 0 radical (unpaired) electrons. The molecule has 0 bridgehead atoms. The molecule has 0 spiro atoms. The van der Waals surface area contributed by atoms with Crippen molar-refractivity contribution in [1.29, 1.82) is 0 Å². The molecule has 0 aliphatic heterocycles. The number of pyridine rings is 2. The van der Waals surface area contributed by atoms with Crippen molar-refractivity contribution in [2.75, 3.05) is 0 Å². The molecule has 14 heteroatoms. The number of aryl methyl sites for hydroxylation is 2. The zero-order valence-electron chi connectivity index (χ0n) is 35.9. The van der Waals surface area contributed by atoms with E-state index < -0.39 is 23.5 Å². The number of hydrogen-bond acceptors (Lipinski definition) is 6. The van der Waals surface area contributed by atoms with E-state index in [1.54, 1.807) is 56.6 Å². The molecule has 0 fully saturated rings. The van der Waals surface area contributed by atoms with E-state index in [2.05, 4.69) is 9.97 Å². The second-order valence-electron chi connectivity index (χ2n) is 16.4. The van der Waals surface area contributed by atoms with E-state index >= 15 is 0 Å². The Morgan fingerprint density at radius 1 is 0.412 bits per heavy atom. The second-order valence-corrected chi connectivity index (χ2v) is 16.4. The van der Waals surface area contributed by atoms with Gasteiger partial charge in [0.2, 0.25) is 0 Å². The van der Waals surface area contributed by atoms with Crippen LogP contribution < -0.4 is 9.47 Å². The maximum Gasteiger partial charge on any atom is 0.419 e.